The lowest BCUT2D eigenvalue weighted by Crippen LogP contribution is -2.39. The second-order valence-corrected chi connectivity index (χ2v) is 7.16. The van der Waals surface area contributed by atoms with Gasteiger partial charge in [-0.25, -0.2) is 0 Å². The maximum atomic E-state index is 12.5. The fourth-order valence-electron chi connectivity index (χ4n) is 3.08. The molecule has 0 radical (unpaired) electrons. The summed E-state index contributed by atoms with van der Waals surface area (Å²) in [6.45, 7) is 8.89. The molecule has 1 heterocycles. The second kappa shape index (κ2) is 10.6. The van der Waals surface area contributed by atoms with Crippen LogP contribution in [0.25, 0.3) is 0 Å². The number of halogens is 1. The molecule has 0 aliphatic carbocycles. The minimum Gasteiger partial charge on any atom is -0.381 e. The number of benzene rings is 1. The second-order valence-electron chi connectivity index (χ2n) is 6.72. The molecule has 1 aliphatic rings. The number of carbonyl (C=O) groups is 1. The number of rotatable bonds is 9. The number of amides is 1. The molecular formula is C20H29ClN2O2. The molecule has 1 amide bonds. The Balaban J connectivity index is 1.62. The predicted octanol–water partition coefficient (Wildman–Crippen LogP) is 3.72. The first-order chi connectivity index (χ1) is 12.1. The molecule has 0 saturated carbocycles. The molecule has 138 valence electrons. The highest BCUT2D eigenvalue weighted by Crippen LogP contribution is 2.20. The molecule has 4 nitrogen and oxygen atoms in total. The summed E-state index contributed by atoms with van der Waals surface area (Å²) in [7, 11) is 2.09. The minimum atomic E-state index is 0.0984. The summed E-state index contributed by atoms with van der Waals surface area (Å²) in [5.74, 6) is 0.654. The molecule has 2 rings (SSSR count). The highest BCUT2D eigenvalue weighted by atomic mass is 35.5. The average molecular weight is 365 g/mol. The van der Waals surface area contributed by atoms with Gasteiger partial charge in [-0.05, 0) is 56.5 Å². The maximum Gasteiger partial charge on any atom is 0.253 e. The van der Waals surface area contributed by atoms with Gasteiger partial charge < -0.3 is 14.5 Å². The Morgan fingerprint density at radius 2 is 2.04 bits per heavy atom. The van der Waals surface area contributed by atoms with Crippen molar-refractivity contribution in [2.45, 2.75) is 19.3 Å². The van der Waals surface area contributed by atoms with E-state index in [1.54, 1.807) is 24.3 Å². The Morgan fingerprint density at radius 1 is 1.36 bits per heavy atom. The highest BCUT2D eigenvalue weighted by Gasteiger charge is 2.23. The zero-order valence-electron chi connectivity index (χ0n) is 15.1. The van der Waals surface area contributed by atoms with E-state index >= 15 is 0 Å². The number of hydrogen-bond donors (Lipinski definition) is 0. The Kier molecular flexibility index (Phi) is 8.45. The van der Waals surface area contributed by atoms with E-state index < -0.39 is 0 Å². The summed E-state index contributed by atoms with van der Waals surface area (Å²) >= 11 is 5.88. The van der Waals surface area contributed by atoms with E-state index in [9.17, 15) is 4.79 Å². The number of likely N-dealkylation sites (N-methyl/N-ethyl adjacent to an activating group) is 1. The SMILES string of the molecule is C=CCN(C)CCCOCC1CCN(C(=O)c2ccc(Cl)cc2)CC1. The lowest BCUT2D eigenvalue weighted by Gasteiger charge is -2.32. The van der Waals surface area contributed by atoms with Gasteiger partial charge in [0, 0.05) is 50.0 Å². The first kappa shape index (κ1) is 20.0. The Morgan fingerprint density at radius 3 is 2.68 bits per heavy atom. The molecular weight excluding hydrogens is 336 g/mol. The van der Waals surface area contributed by atoms with Gasteiger partial charge in [0.05, 0.1) is 0 Å². The molecule has 0 unspecified atom stereocenters. The molecule has 0 atom stereocenters. The van der Waals surface area contributed by atoms with Crippen molar-refractivity contribution in [3.8, 4) is 0 Å². The Bertz CT molecular complexity index is 539. The molecule has 1 fully saturated rings. The standard InChI is InChI=1S/C20H29ClN2O2/c1-3-11-22(2)12-4-15-25-16-17-9-13-23(14-10-17)20(24)18-5-7-19(21)8-6-18/h3,5-8,17H,1,4,9-16H2,2H3. The summed E-state index contributed by atoms with van der Waals surface area (Å²) in [5, 5.41) is 0.656. The van der Waals surface area contributed by atoms with Crippen molar-refractivity contribution < 1.29 is 9.53 Å². The summed E-state index contributed by atoms with van der Waals surface area (Å²) in [4.78, 5) is 16.6. The maximum absolute atomic E-state index is 12.5. The molecule has 0 spiro atoms. The zero-order valence-corrected chi connectivity index (χ0v) is 15.9. The van der Waals surface area contributed by atoms with E-state index in [0.717, 1.165) is 58.7 Å². The smallest absolute Gasteiger partial charge is 0.253 e. The molecule has 5 heteroatoms. The largest absolute Gasteiger partial charge is 0.381 e. The average Bonchev–Trinajstić information content (AvgIpc) is 2.62. The van der Waals surface area contributed by atoms with Crippen molar-refractivity contribution in [1.29, 1.82) is 0 Å². The van der Waals surface area contributed by atoms with E-state index in [0.29, 0.717) is 16.5 Å². The molecule has 1 aliphatic heterocycles. The monoisotopic (exact) mass is 364 g/mol. The molecule has 1 saturated heterocycles. The van der Waals surface area contributed by atoms with E-state index in [1.165, 1.54) is 0 Å². The molecule has 0 bridgehead atoms. The van der Waals surface area contributed by atoms with Gasteiger partial charge >= 0.3 is 0 Å². The zero-order chi connectivity index (χ0) is 18.1. The van der Waals surface area contributed by atoms with Gasteiger partial charge in [0.15, 0.2) is 0 Å². The molecule has 0 N–H and O–H groups in total. The first-order valence-electron chi connectivity index (χ1n) is 9.02. The normalized spacial score (nSPS) is 15.6. The van der Waals surface area contributed by atoms with Crippen molar-refractivity contribution in [2.75, 3.05) is 46.4 Å². The molecule has 25 heavy (non-hydrogen) atoms. The van der Waals surface area contributed by atoms with Gasteiger partial charge in [0.25, 0.3) is 5.91 Å². The number of likely N-dealkylation sites (tertiary alicyclic amines) is 1. The van der Waals surface area contributed by atoms with Gasteiger partial charge in [0.1, 0.15) is 0 Å². The van der Waals surface area contributed by atoms with Gasteiger partial charge in [-0.2, -0.15) is 0 Å². The minimum absolute atomic E-state index is 0.0984. The Hall–Kier alpha value is -1.36. The van der Waals surface area contributed by atoms with Crippen LogP contribution in [-0.2, 0) is 4.74 Å². The van der Waals surface area contributed by atoms with Crippen molar-refractivity contribution in [1.82, 2.24) is 9.80 Å². The van der Waals surface area contributed by atoms with Crippen LogP contribution in [0.2, 0.25) is 5.02 Å². The van der Waals surface area contributed by atoms with Crippen LogP contribution in [0.5, 0.6) is 0 Å². The van der Waals surface area contributed by atoms with Crippen molar-refractivity contribution >= 4 is 17.5 Å². The quantitative estimate of drug-likeness (QED) is 0.494. The summed E-state index contributed by atoms with van der Waals surface area (Å²) < 4.78 is 5.82. The number of carbonyl (C=O) groups excluding carboxylic acids is 1. The van der Waals surface area contributed by atoms with Gasteiger partial charge in [-0.1, -0.05) is 17.7 Å². The third-order valence-electron chi connectivity index (χ3n) is 4.62. The van der Waals surface area contributed by atoms with Gasteiger partial charge in [0.2, 0.25) is 0 Å². The Labute approximate surface area is 156 Å². The molecule has 0 aromatic heterocycles. The van der Waals surface area contributed by atoms with Crippen LogP contribution >= 0.6 is 11.6 Å². The van der Waals surface area contributed by atoms with Crippen LogP contribution in [0.4, 0.5) is 0 Å². The van der Waals surface area contributed by atoms with Gasteiger partial charge in [-0.3, -0.25) is 4.79 Å². The lowest BCUT2D eigenvalue weighted by molar-refractivity contribution is 0.0507. The first-order valence-corrected chi connectivity index (χ1v) is 9.40. The van der Waals surface area contributed by atoms with Crippen LogP contribution in [0.1, 0.15) is 29.6 Å². The summed E-state index contributed by atoms with van der Waals surface area (Å²) in [6.07, 6.45) is 4.98. The van der Waals surface area contributed by atoms with Crippen molar-refractivity contribution in [3.63, 3.8) is 0 Å². The fraction of sp³-hybridized carbons (Fsp3) is 0.550. The van der Waals surface area contributed by atoms with Crippen LogP contribution in [-0.4, -0.2) is 62.1 Å². The van der Waals surface area contributed by atoms with Crippen LogP contribution < -0.4 is 0 Å². The molecule has 1 aromatic rings. The molecule has 1 aromatic carbocycles. The third kappa shape index (κ3) is 6.81. The van der Waals surface area contributed by atoms with Crippen LogP contribution in [0.3, 0.4) is 0 Å². The third-order valence-corrected chi connectivity index (χ3v) is 4.87. The van der Waals surface area contributed by atoms with E-state index in [4.69, 9.17) is 16.3 Å². The topological polar surface area (TPSA) is 32.8 Å². The highest BCUT2D eigenvalue weighted by molar-refractivity contribution is 6.30. The fourth-order valence-corrected chi connectivity index (χ4v) is 3.20. The van der Waals surface area contributed by atoms with Gasteiger partial charge in [-0.15, -0.1) is 6.58 Å². The number of piperidine rings is 1. The summed E-state index contributed by atoms with van der Waals surface area (Å²) in [6, 6.07) is 7.12. The number of nitrogens with zero attached hydrogens (tertiary/aromatic N) is 2. The van der Waals surface area contributed by atoms with Crippen LogP contribution in [0, 0.1) is 5.92 Å². The van der Waals surface area contributed by atoms with Crippen LogP contribution in [0.15, 0.2) is 36.9 Å². The predicted molar refractivity (Wildman–Crippen MR) is 103 cm³/mol. The van der Waals surface area contributed by atoms with Crippen molar-refractivity contribution in [2.24, 2.45) is 5.92 Å². The van der Waals surface area contributed by atoms with Crippen molar-refractivity contribution in [3.05, 3.63) is 47.5 Å². The summed E-state index contributed by atoms with van der Waals surface area (Å²) in [5.41, 5.74) is 0.711. The van der Waals surface area contributed by atoms with E-state index in [1.807, 2.05) is 11.0 Å². The van der Waals surface area contributed by atoms with E-state index in [-0.39, 0.29) is 5.91 Å². The number of hydrogen-bond acceptors (Lipinski definition) is 3. The lowest BCUT2D eigenvalue weighted by atomic mass is 9.97. The number of ether oxygens (including phenoxy) is 1. The van der Waals surface area contributed by atoms with E-state index in [2.05, 4.69) is 18.5 Å².